The first kappa shape index (κ1) is 23.0. The van der Waals surface area contributed by atoms with Gasteiger partial charge in [-0.25, -0.2) is 0 Å². The molecule has 0 bridgehead atoms. The van der Waals surface area contributed by atoms with Crippen molar-refractivity contribution in [1.29, 1.82) is 0 Å². The first-order valence-corrected chi connectivity index (χ1v) is 11.6. The molecule has 2 aliphatic heterocycles. The van der Waals surface area contributed by atoms with E-state index in [4.69, 9.17) is 9.47 Å². The number of ether oxygens (including phenoxy) is 2. The van der Waals surface area contributed by atoms with Gasteiger partial charge in [0.1, 0.15) is 0 Å². The van der Waals surface area contributed by atoms with Crippen LogP contribution in [0.5, 0.6) is 0 Å². The summed E-state index contributed by atoms with van der Waals surface area (Å²) in [6.45, 7) is 16.7. The molecular formula is C23H43N3O3. The van der Waals surface area contributed by atoms with Crippen molar-refractivity contribution in [3.05, 3.63) is 0 Å². The number of hydrogen-bond acceptors (Lipinski definition) is 5. The third-order valence-electron chi connectivity index (χ3n) is 6.45. The Hall–Kier alpha value is -0.690. The largest absolute Gasteiger partial charge is 0.381 e. The van der Waals surface area contributed by atoms with Crippen LogP contribution in [0.1, 0.15) is 60.3 Å². The van der Waals surface area contributed by atoms with Crippen LogP contribution in [-0.4, -0.2) is 74.0 Å². The Morgan fingerprint density at radius 1 is 1.10 bits per heavy atom. The summed E-state index contributed by atoms with van der Waals surface area (Å²) in [6.07, 6.45) is 4.64. The normalized spacial score (nSPS) is 31.0. The molecule has 1 amide bonds. The van der Waals surface area contributed by atoms with Crippen LogP contribution in [0.4, 0.5) is 0 Å². The number of carbonyl (C=O) groups excluding carboxylic acids is 1. The maximum Gasteiger partial charge on any atom is 0.226 e. The van der Waals surface area contributed by atoms with Gasteiger partial charge in [-0.1, -0.05) is 0 Å². The summed E-state index contributed by atoms with van der Waals surface area (Å²) in [5.74, 6) is 1.70. The maximum absolute atomic E-state index is 13.0. The van der Waals surface area contributed by atoms with Crippen molar-refractivity contribution in [2.45, 2.75) is 77.5 Å². The Bertz CT molecular complexity index is 540. The van der Waals surface area contributed by atoms with E-state index in [2.05, 4.69) is 45.3 Å². The van der Waals surface area contributed by atoms with Crippen LogP contribution >= 0.6 is 0 Å². The standard InChI is InChI=1S/C23H43N3O3/c1-22(2,3)24-14-19-15-26(8-10-29-19)21(27)20-11-18(20)12-23(4,5)25-13-17-7-6-9-28-16-17/h17-20,24-25H,6-16H2,1-5H3. The van der Waals surface area contributed by atoms with E-state index in [1.165, 1.54) is 12.8 Å². The van der Waals surface area contributed by atoms with Crippen molar-refractivity contribution in [2.24, 2.45) is 17.8 Å². The quantitative estimate of drug-likeness (QED) is 0.645. The molecule has 2 heterocycles. The predicted molar refractivity (Wildman–Crippen MR) is 116 cm³/mol. The molecule has 0 spiro atoms. The Morgan fingerprint density at radius 3 is 2.59 bits per heavy atom. The zero-order valence-corrected chi connectivity index (χ0v) is 19.3. The van der Waals surface area contributed by atoms with Gasteiger partial charge in [-0.3, -0.25) is 4.79 Å². The molecule has 1 saturated carbocycles. The molecule has 4 unspecified atom stereocenters. The highest BCUT2D eigenvalue weighted by Gasteiger charge is 2.47. The second-order valence-corrected chi connectivity index (χ2v) is 11.1. The van der Waals surface area contributed by atoms with E-state index in [1.807, 2.05) is 4.90 Å². The molecular weight excluding hydrogens is 366 g/mol. The lowest BCUT2D eigenvalue weighted by Gasteiger charge is -2.35. The summed E-state index contributed by atoms with van der Waals surface area (Å²) in [7, 11) is 0. The first-order chi connectivity index (χ1) is 13.6. The van der Waals surface area contributed by atoms with Crippen LogP contribution in [0.3, 0.4) is 0 Å². The van der Waals surface area contributed by atoms with Crippen LogP contribution in [0, 0.1) is 17.8 Å². The van der Waals surface area contributed by atoms with Gasteiger partial charge in [0.25, 0.3) is 0 Å². The fourth-order valence-electron chi connectivity index (χ4n) is 4.59. The number of rotatable bonds is 8. The Morgan fingerprint density at radius 2 is 1.90 bits per heavy atom. The Labute approximate surface area is 177 Å². The average Bonchev–Trinajstić information content (AvgIpc) is 3.43. The fraction of sp³-hybridized carbons (Fsp3) is 0.957. The lowest BCUT2D eigenvalue weighted by molar-refractivity contribution is -0.140. The Balaban J connectivity index is 1.39. The molecule has 6 nitrogen and oxygen atoms in total. The van der Waals surface area contributed by atoms with Crippen LogP contribution in [-0.2, 0) is 14.3 Å². The van der Waals surface area contributed by atoms with Crippen LogP contribution in [0.15, 0.2) is 0 Å². The minimum atomic E-state index is 0.0690. The van der Waals surface area contributed by atoms with Crippen molar-refractivity contribution in [1.82, 2.24) is 15.5 Å². The van der Waals surface area contributed by atoms with E-state index >= 15 is 0 Å². The molecule has 29 heavy (non-hydrogen) atoms. The minimum Gasteiger partial charge on any atom is -0.381 e. The topological polar surface area (TPSA) is 62.8 Å². The molecule has 3 aliphatic rings. The summed E-state index contributed by atoms with van der Waals surface area (Å²) in [4.78, 5) is 15.1. The number of carbonyl (C=O) groups is 1. The number of morpholine rings is 1. The van der Waals surface area contributed by atoms with Crippen molar-refractivity contribution in [3.8, 4) is 0 Å². The second-order valence-electron chi connectivity index (χ2n) is 11.1. The average molecular weight is 410 g/mol. The van der Waals surface area contributed by atoms with Gasteiger partial charge in [0.05, 0.1) is 19.3 Å². The van der Waals surface area contributed by atoms with E-state index in [1.54, 1.807) is 0 Å². The Kier molecular flexibility index (Phi) is 7.63. The van der Waals surface area contributed by atoms with Crippen LogP contribution in [0.2, 0.25) is 0 Å². The van der Waals surface area contributed by atoms with Crippen molar-refractivity contribution in [3.63, 3.8) is 0 Å². The number of hydrogen-bond donors (Lipinski definition) is 2. The zero-order chi connectivity index (χ0) is 21.1. The van der Waals surface area contributed by atoms with Gasteiger partial charge in [-0.15, -0.1) is 0 Å². The third kappa shape index (κ3) is 7.50. The highest BCUT2D eigenvalue weighted by atomic mass is 16.5. The van der Waals surface area contributed by atoms with Gasteiger partial charge in [0.2, 0.25) is 5.91 Å². The molecule has 3 fully saturated rings. The number of nitrogens with zero attached hydrogens (tertiary/aromatic N) is 1. The van der Waals surface area contributed by atoms with Gasteiger partial charge in [-0.05, 0) is 72.1 Å². The summed E-state index contributed by atoms with van der Waals surface area (Å²) < 4.78 is 11.5. The second kappa shape index (κ2) is 9.63. The molecule has 0 aromatic carbocycles. The lowest BCUT2D eigenvalue weighted by atomic mass is 9.94. The molecule has 0 aromatic rings. The fourth-order valence-corrected chi connectivity index (χ4v) is 4.59. The highest BCUT2D eigenvalue weighted by Crippen LogP contribution is 2.45. The summed E-state index contributed by atoms with van der Waals surface area (Å²) in [6, 6.07) is 0. The highest BCUT2D eigenvalue weighted by molar-refractivity contribution is 5.81. The molecule has 0 aromatic heterocycles. The molecule has 6 heteroatoms. The lowest BCUT2D eigenvalue weighted by Crippen LogP contribution is -2.52. The third-order valence-corrected chi connectivity index (χ3v) is 6.45. The van der Waals surface area contributed by atoms with Crippen molar-refractivity contribution in [2.75, 3.05) is 46.0 Å². The van der Waals surface area contributed by atoms with Gasteiger partial charge >= 0.3 is 0 Å². The van der Waals surface area contributed by atoms with Crippen molar-refractivity contribution < 1.29 is 14.3 Å². The number of amides is 1. The van der Waals surface area contributed by atoms with Crippen LogP contribution < -0.4 is 10.6 Å². The van der Waals surface area contributed by atoms with Gasteiger partial charge < -0.3 is 25.0 Å². The number of nitrogens with one attached hydrogen (secondary N) is 2. The van der Waals surface area contributed by atoms with E-state index in [0.29, 0.717) is 30.9 Å². The zero-order valence-electron chi connectivity index (χ0n) is 19.3. The van der Waals surface area contributed by atoms with Gasteiger partial charge in [-0.2, -0.15) is 0 Å². The molecule has 2 N–H and O–H groups in total. The predicted octanol–water partition coefficient (Wildman–Crippen LogP) is 2.42. The minimum absolute atomic E-state index is 0.0690. The van der Waals surface area contributed by atoms with E-state index in [0.717, 1.165) is 45.7 Å². The van der Waals surface area contributed by atoms with E-state index < -0.39 is 0 Å². The molecule has 4 atom stereocenters. The van der Waals surface area contributed by atoms with E-state index in [-0.39, 0.29) is 23.1 Å². The molecule has 2 saturated heterocycles. The van der Waals surface area contributed by atoms with Crippen molar-refractivity contribution >= 4 is 5.91 Å². The molecule has 1 aliphatic carbocycles. The molecule has 0 radical (unpaired) electrons. The first-order valence-electron chi connectivity index (χ1n) is 11.6. The monoisotopic (exact) mass is 409 g/mol. The summed E-state index contributed by atoms with van der Waals surface area (Å²) >= 11 is 0. The summed E-state index contributed by atoms with van der Waals surface area (Å²) in [5, 5.41) is 7.24. The van der Waals surface area contributed by atoms with Crippen LogP contribution in [0.25, 0.3) is 0 Å². The molecule has 168 valence electrons. The summed E-state index contributed by atoms with van der Waals surface area (Å²) in [5.41, 5.74) is 0.140. The molecule has 3 rings (SSSR count). The van der Waals surface area contributed by atoms with Gasteiger partial charge in [0, 0.05) is 49.8 Å². The SMILES string of the molecule is CC(C)(C)NCC1CN(C(=O)C2CC2CC(C)(C)NCC2CCCOC2)CCO1. The van der Waals surface area contributed by atoms with Gasteiger partial charge in [0.15, 0.2) is 0 Å². The smallest absolute Gasteiger partial charge is 0.226 e. The van der Waals surface area contributed by atoms with E-state index in [9.17, 15) is 4.79 Å². The maximum atomic E-state index is 13.0.